The number of halogens is 1. The van der Waals surface area contributed by atoms with Crippen LogP contribution < -0.4 is 5.32 Å². The van der Waals surface area contributed by atoms with E-state index in [1.807, 2.05) is 30.3 Å². The van der Waals surface area contributed by atoms with Gasteiger partial charge in [0.1, 0.15) is 5.70 Å². The zero-order valence-electron chi connectivity index (χ0n) is 13.9. The molecule has 3 rings (SSSR count). The minimum atomic E-state index is -0.584. The Balaban J connectivity index is 1.94. The summed E-state index contributed by atoms with van der Waals surface area (Å²) in [4.78, 5) is 27.9. The molecule has 1 aliphatic rings. The van der Waals surface area contributed by atoms with E-state index in [1.54, 1.807) is 36.4 Å². The van der Waals surface area contributed by atoms with Gasteiger partial charge in [0, 0.05) is 11.9 Å². The molecule has 0 saturated carbocycles. The Labute approximate surface area is 155 Å². The molecule has 5 nitrogen and oxygen atoms in total. The maximum absolute atomic E-state index is 12.1. The normalized spacial score (nSPS) is 15.6. The summed E-state index contributed by atoms with van der Waals surface area (Å²) in [5.74, 6) is -0.824. The molecule has 130 valence electrons. The first-order valence-corrected chi connectivity index (χ1v) is 8.22. The van der Waals surface area contributed by atoms with Crippen LogP contribution in [0.25, 0.3) is 12.2 Å². The molecule has 0 aliphatic carbocycles. The third-order valence-corrected chi connectivity index (χ3v) is 3.70. The van der Waals surface area contributed by atoms with Crippen LogP contribution in [0.4, 0.5) is 0 Å². The van der Waals surface area contributed by atoms with Crippen molar-refractivity contribution in [3.05, 3.63) is 82.1 Å². The van der Waals surface area contributed by atoms with Gasteiger partial charge in [0.15, 0.2) is 5.70 Å². The molecule has 0 unspecified atom stereocenters. The van der Waals surface area contributed by atoms with Crippen LogP contribution in [0.5, 0.6) is 0 Å². The predicted molar refractivity (Wildman–Crippen MR) is 101 cm³/mol. The summed E-state index contributed by atoms with van der Waals surface area (Å²) in [6.07, 6.45) is 3.29. The zero-order chi connectivity index (χ0) is 18.5. The van der Waals surface area contributed by atoms with Crippen LogP contribution >= 0.6 is 11.6 Å². The molecule has 0 saturated heterocycles. The van der Waals surface area contributed by atoms with Gasteiger partial charge in [-0.25, -0.2) is 9.79 Å². The average molecular weight is 367 g/mol. The molecule has 0 spiro atoms. The fraction of sp³-hybridized carbons (Fsp3) is 0.0500. The van der Waals surface area contributed by atoms with Crippen molar-refractivity contribution in [3.8, 4) is 0 Å². The number of benzene rings is 2. The lowest BCUT2D eigenvalue weighted by Gasteiger charge is -2.06. The lowest BCUT2D eigenvalue weighted by atomic mass is 10.2. The van der Waals surface area contributed by atoms with Gasteiger partial charge in [0.2, 0.25) is 11.8 Å². The van der Waals surface area contributed by atoms with Gasteiger partial charge in [-0.2, -0.15) is 0 Å². The van der Waals surface area contributed by atoms with E-state index in [9.17, 15) is 9.59 Å². The van der Waals surface area contributed by atoms with E-state index in [2.05, 4.69) is 10.3 Å². The quantitative estimate of drug-likeness (QED) is 0.660. The fourth-order valence-electron chi connectivity index (χ4n) is 2.30. The van der Waals surface area contributed by atoms with Gasteiger partial charge in [0.25, 0.3) is 0 Å². The predicted octanol–water partition coefficient (Wildman–Crippen LogP) is 3.81. The minimum Gasteiger partial charge on any atom is -0.400 e. The van der Waals surface area contributed by atoms with Gasteiger partial charge < -0.3 is 10.1 Å². The van der Waals surface area contributed by atoms with Crippen LogP contribution in [-0.4, -0.2) is 17.8 Å². The van der Waals surface area contributed by atoms with Crippen molar-refractivity contribution < 1.29 is 14.3 Å². The zero-order valence-corrected chi connectivity index (χ0v) is 14.7. The van der Waals surface area contributed by atoms with Crippen molar-refractivity contribution in [3.63, 3.8) is 0 Å². The standard InChI is InChI=1S/C20H15ClN2O3/c1-13(24)22-17(11-14-5-3-2-4-6-14)19-23-18(20(25)26-19)12-15-7-9-16(21)10-8-15/h2-12H,1H3,(H,22,24). The number of hydrogen-bond acceptors (Lipinski definition) is 4. The third kappa shape index (κ3) is 4.46. The second-order valence-corrected chi connectivity index (χ2v) is 5.97. The van der Waals surface area contributed by atoms with Crippen LogP contribution in [0.1, 0.15) is 18.1 Å². The molecule has 1 N–H and O–H groups in total. The second kappa shape index (κ2) is 7.80. The van der Waals surface area contributed by atoms with E-state index in [4.69, 9.17) is 16.3 Å². The SMILES string of the molecule is CC(=O)NC(=Cc1ccccc1)C1=NC(=Cc2ccc(Cl)cc2)C(=O)O1. The molecule has 0 aromatic heterocycles. The summed E-state index contributed by atoms with van der Waals surface area (Å²) < 4.78 is 5.24. The number of carbonyl (C=O) groups excluding carboxylic acids is 2. The van der Waals surface area contributed by atoms with Crippen molar-refractivity contribution >= 4 is 41.5 Å². The number of aliphatic imine (C=N–C) groups is 1. The van der Waals surface area contributed by atoms with E-state index in [0.717, 1.165) is 11.1 Å². The highest BCUT2D eigenvalue weighted by molar-refractivity contribution is 6.30. The van der Waals surface area contributed by atoms with Crippen molar-refractivity contribution in [1.82, 2.24) is 5.32 Å². The Hall–Kier alpha value is -3.18. The third-order valence-electron chi connectivity index (χ3n) is 3.45. The van der Waals surface area contributed by atoms with E-state index < -0.39 is 5.97 Å². The van der Waals surface area contributed by atoms with Gasteiger partial charge >= 0.3 is 5.97 Å². The Morgan fingerprint density at radius 1 is 1.08 bits per heavy atom. The number of amides is 1. The van der Waals surface area contributed by atoms with Crippen molar-refractivity contribution in [2.24, 2.45) is 4.99 Å². The largest absolute Gasteiger partial charge is 0.400 e. The monoisotopic (exact) mass is 366 g/mol. The van der Waals surface area contributed by atoms with Crippen LogP contribution in [0.2, 0.25) is 5.02 Å². The first-order valence-electron chi connectivity index (χ1n) is 7.84. The number of nitrogens with zero attached hydrogens (tertiary/aromatic N) is 1. The number of hydrogen-bond donors (Lipinski definition) is 1. The molecular weight excluding hydrogens is 352 g/mol. The van der Waals surface area contributed by atoms with Crippen molar-refractivity contribution in [1.29, 1.82) is 0 Å². The van der Waals surface area contributed by atoms with E-state index in [1.165, 1.54) is 6.92 Å². The van der Waals surface area contributed by atoms with Crippen LogP contribution in [0.15, 0.2) is 71.0 Å². The highest BCUT2D eigenvalue weighted by atomic mass is 35.5. The summed E-state index contributed by atoms with van der Waals surface area (Å²) >= 11 is 5.86. The van der Waals surface area contributed by atoms with Gasteiger partial charge in [-0.15, -0.1) is 0 Å². The lowest BCUT2D eigenvalue weighted by Crippen LogP contribution is -2.25. The van der Waals surface area contributed by atoms with Crippen molar-refractivity contribution in [2.45, 2.75) is 6.92 Å². The highest BCUT2D eigenvalue weighted by Gasteiger charge is 2.26. The maximum Gasteiger partial charge on any atom is 0.363 e. The summed E-state index contributed by atoms with van der Waals surface area (Å²) in [5.41, 5.74) is 2.06. The van der Waals surface area contributed by atoms with Crippen molar-refractivity contribution in [2.75, 3.05) is 0 Å². The second-order valence-electron chi connectivity index (χ2n) is 5.54. The lowest BCUT2D eigenvalue weighted by molar-refractivity contribution is -0.130. The molecule has 0 bridgehead atoms. The van der Waals surface area contributed by atoms with E-state index in [0.29, 0.717) is 10.7 Å². The number of nitrogens with one attached hydrogen (secondary N) is 1. The molecule has 1 amide bonds. The first-order chi connectivity index (χ1) is 12.5. The van der Waals surface area contributed by atoms with E-state index in [-0.39, 0.29) is 17.5 Å². The van der Waals surface area contributed by atoms with Crippen LogP contribution in [0.3, 0.4) is 0 Å². The number of esters is 1. The Bertz CT molecular complexity index is 929. The molecular formula is C20H15ClN2O3. The van der Waals surface area contributed by atoms with Crippen LogP contribution in [0, 0.1) is 0 Å². The van der Waals surface area contributed by atoms with Gasteiger partial charge in [-0.05, 0) is 35.4 Å². The molecule has 2 aromatic carbocycles. The smallest absolute Gasteiger partial charge is 0.363 e. The highest BCUT2D eigenvalue weighted by Crippen LogP contribution is 2.20. The van der Waals surface area contributed by atoms with Gasteiger partial charge in [-0.3, -0.25) is 4.79 Å². The molecule has 0 fully saturated rings. The molecule has 1 heterocycles. The summed E-state index contributed by atoms with van der Waals surface area (Å²) in [6.45, 7) is 1.38. The summed E-state index contributed by atoms with van der Waals surface area (Å²) in [7, 11) is 0. The average Bonchev–Trinajstić information content (AvgIpc) is 2.98. The van der Waals surface area contributed by atoms with E-state index >= 15 is 0 Å². The molecule has 6 heteroatoms. The number of ether oxygens (including phenoxy) is 1. The van der Waals surface area contributed by atoms with Gasteiger partial charge in [0.05, 0.1) is 0 Å². The van der Waals surface area contributed by atoms with Crippen LogP contribution in [-0.2, 0) is 14.3 Å². The number of carbonyl (C=O) groups is 2. The Morgan fingerprint density at radius 2 is 1.77 bits per heavy atom. The first kappa shape index (κ1) is 17.6. The topological polar surface area (TPSA) is 67.8 Å². The maximum atomic E-state index is 12.1. The fourth-order valence-corrected chi connectivity index (χ4v) is 2.42. The Kier molecular flexibility index (Phi) is 5.29. The molecule has 2 aromatic rings. The minimum absolute atomic E-state index is 0.0502. The molecule has 1 aliphatic heterocycles. The summed E-state index contributed by atoms with van der Waals surface area (Å²) in [6, 6.07) is 16.3. The molecule has 0 radical (unpaired) electrons. The van der Waals surface area contributed by atoms with Gasteiger partial charge in [-0.1, -0.05) is 54.1 Å². The number of cyclic esters (lactones) is 1. The molecule has 0 atom stereocenters. The summed E-state index contributed by atoms with van der Waals surface area (Å²) in [5, 5.41) is 3.25. The Morgan fingerprint density at radius 3 is 2.42 bits per heavy atom. The number of rotatable bonds is 4. The molecule has 26 heavy (non-hydrogen) atoms.